The van der Waals surface area contributed by atoms with Gasteiger partial charge < -0.3 is 9.51 Å². The fourth-order valence-electron chi connectivity index (χ4n) is 3.49. The van der Waals surface area contributed by atoms with E-state index in [0.29, 0.717) is 12.1 Å². The Labute approximate surface area is 181 Å². The molecule has 164 valence electrons. The maximum atomic E-state index is 12.4. The van der Waals surface area contributed by atoms with Crippen molar-refractivity contribution in [2.24, 2.45) is 0 Å². The molecule has 0 radical (unpaired) electrons. The molecule has 7 nitrogen and oxygen atoms in total. The first kappa shape index (κ1) is 21.5. The second kappa shape index (κ2) is 8.43. The quantitative estimate of drug-likeness (QED) is 0.485. The highest BCUT2D eigenvalue weighted by molar-refractivity contribution is 5.74. The van der Waals surface area contributed by atoms with Gasteiger partial charge in [0.1, 0.15) is 11.8 Å². The van der Waals surface area contributed by atoms with Crippen LogP contribution < -0.4 is 0 Å². The monoisotopic (exact) mass is 440 g/mol. The summed E-state index contributed by atoms with van der Waals surface area (Å²) in [6.07, 6.45) is -2.21. The number of fused-ring (bicyclic) bond motifs is 1. The van der Waals surface area contributed by atoms with Gasteiger partial charge >= 0.3 is 6.18 Å². The van der Waals surface area contributed by atoms with Crippen LogP contribution in [-0.4, -0.2) is 35.7 Å². The minimum atomic E-state index is -4.33. The summed E-state index contributed by atoms with van der Waals surface area (Å²) < 4.78 is 40.4. The Balaban J connectivity index is 1.56. The molecule has 4 aromatic heterocycles. The van der Waals surface area contributed by atoms with Crippen LogP contribution in [0.2, 0.25) is 0 Å². The lowest BCUT2D eigenvalue weighted by molar-refractivity contribution is -0.140. The van der Waals surface area contributed by atoms with Crippen LogP contribution in [0.1, 0.15) is 41.5 Å². The second-order valence-electron chi connectivity index (χ2n) is 7.55. The minimum absolute atomic E-state index is 0.0962. The van der Waals surface area contributed by atoms with Gasteiger partial charge in [-0.2, -0.15) is 18.4 Å². The first-order valence-corrected chi connectivity index (χ1v) is 9.85. The summed E-state index contributed by atoms with van der Waals surface area (Å²) in [4.78, 5) is 4.31. The van der Waals surface area contributed by atoms with E-state index in [0.717, 1.165) is 28.0 Å². The Morgan fingerprint density at radius 1 is 1.22 bits per heavy atom. The predicted molar refractivity (Wildman–Crippen MR) is 109 cm³/mol. The first-order valence-electron chi connectivity index (χ1n) is 9.85. The number of alkyl halides is 3. The van der Waals surface area contributed by atoms with Gasteiger partial charge in [0, 0.05) is 35.6 Å². The van der Waals surface area contributed by atoms with Crippen LogP contribution in [-0.2, 0) is 6.54 Å². The van der Waals surface area contributed by atoms with E-state index in [1.807, 2.05) is 41.8 Å². The van der Waals surface area contributed by atoms with Crippen molar-refractivity contribution in [3.8, 4) is 17.3 Å². The Kier molecular flexibility index (Phi) is 5.67. The molecule has 1 unspecified atom stereocenters. The zero-order valence-electron chi connectivity index (χ0n) is 17.1. The van der Waals surface area contributed by atoms with Gasteiger partial charge in [0.2, 0.25) is 0 Å². The molecule has 1 atom stereocenters. The molecule has 0 saturated heterocycles. The highest BCUT2D eigenvalue weighted by atomic mass is 19.4. The number of aryl methyl sites for hydroxylation is 1. The highest BCUT2D eigenvalue weighted by Crippen LogP contribution is 2.28. The number of halogens is 3. The van der Waals surface area contributed by atoms with Crippen molar-refractivity contribution in [2.75, 3.05) is 0 Å². The molecule has 0 fully saturated rings. The van der Waals surface area contributed by atoms with Gasteiger partial charge in [-0.1, -0.05) is 5.21 Å². The van der Waals surface area contributed by atoms with E-state index in [-0.39, 0.29) is 5.69 Å². The summed E-state index contributed by atoms with van der Waals surface area (Å²) in [7, 11) is 0. The van der Waals surface area contributed by atoms with Crippen molar-refractivity contribution in [1.29, 1.82) is 5.26 Å². The standard InChI is InChI=1S/C22H19F3N6O/c1-14-2-3-16(11-27-14)21-17(10-26)9-18-8-15(5-7-31(18)21)12-30-13-19(28-29-30)20(32)4-6-22(23,24)25/h2-3,5,7-9,11,13,20,32H,4,6,12H2,1H3. The Morgan fingerprint density at radius 3 is 2.72 bits per heavy atom. The minimum Gasteiger partial charge on any atom is -0.387 e. The van der Waals surface area contributed by atoms with Crippen molar-refractivity contribution in [3.05, 3.63) is 71.4 Å². The number of rotatable bonds is 6. The fraction of sp³-hybridized carbons (Fsp3) is 0.273. The molecule has 32 heavy (non-hydrogen) atoms. The molecule has 10 heteroatoms. The molecule has 4 aromatic rings. The molecule has 0 saturated carbocycles. The van der Waals surface area contributed by atoms with E-state index < -0.39 is 25.1 Å². The van der Waals surface area contributed by atoms with Crippen molar-refractivity contribution < 1.29 is 18.3 Å². The lowest BCUT2D eigenvalue weighted by Gasteiger charge is -2.09. The van der Waals surface area contributed by atoms with Gasteiger partial charge in [-0.05, 0) is 49.2 Å². The van der Waals surface area contributed by atoms with Crippen molar-refractivity contribution in [3.63, 3.8) is 0 Å². The number of hydrogen-bond acceptors (Lipinski definition) is 5. The number of aliphatic hydroxyl groups is 1. The van der Waals surface area contributed by atoms with Gasteiger partial charge in [0.15, 0.2) is 0 Å². The van der Waals surface area contributed by atoms with E-state index >= 15 is 0 Å². The number of hydrogen-bond donors (Lipinski definition) is 1. The summed E-state index contributed by atoms with van der Waals surface area (Å²) >= 11 is 0. The maximum Gasteiger partial charge on any atom is 0.389 e. The molecule has 0 aromatic carbocycles. The molecule has 0 amide bonds. The summed E-state index contributed by atoms with van der Waals surface area (Å²) in [5.41, 5.74) is 4.73. The van der Waals surface area contributed by atoms with Crippen LogP contribution in [0, 0.1) is 18.3 Å². The van der Waals surface area contributed by atoms with Crippen LogP contribution in [0.4, 0.5) is 13.2 Å². The lowest BCUT2D eigenvalue weighted by Crippen LogP contribution is -2.10. The number of aromatic nitrogens is 5. The van der Waals surface area contributed by atoms with E-state index in [4.69, 9.17) is 0 Å². The molecule has 4 heterocycles. The molecular formula is C22H19F3N6O. The molecule has 4 rings (SSSR count). The highest BCUT2D eigenvalue weighted by Gasteiger charge is 2.29. The van der Waals surface area contributed by atoms with Gasteiger partial charge in [0.05, 0.1) is 30.1 Å². The summed E-state index contributed by atoms with van der Waals surface area (Å²) in [6, 6.07) is 11.6. The van der Waals surface area contributed by atoms with E-state index in [9.17, 15) is 23.5 Å². The van der Waals surface area contributed by atoms with Gasteiger partial charge in [-0.25, -0.2) is 4.68 Å². The molecular weight excluding hydrogens is 421 g/mol. The molecule has 0 aliphatic heterocycles. The number of nitrogens with zero attached hydrogens (tertiary/aromatic N) is 6. The van der Waals surface area contributed by atoms with Crippen LogP contribution in [0.3, 0.4) is 0 Å². The smallest absolute Gasteiger partial charge is 0.387 e. The first-order chi connectivity index (χ1) is 15.2. The van der Waals surface area contributed by atoms with Crippen molar-refractivity contribution in [1.82, 2.24) is 24.4 Å². The Morgan fingerprint density at radius 2 is 2.03 bits per heavy atom. The average Bonchev–Trinajstić information content (AvgIpc) is 3.36. The van der Waals surface area contributed by atoms with Crippen molar-refractivity contribution in [2.45, 2.75) is 38.6 Å². The Bertz CT molecular complexity index is 1280. The Hall–Kier alpha value is -3.71. The average molecular weight is 440 g/mol. The topological polar surface area (TPSA) is 92.0 Å². The largest absolute Gasteiger partial charge is 0.389 e. The van der Waals surface area contributed by atoms with Crippen LogP contribution in [0.15, 0.2) is 48.9 Å². The maximum absolute atomic E-state index is 12.4. The van der Waals surface area contributed by atoms with E-state index in [2.05, 4.69) is 21.4 Å². The van der Waals surface area contributed by atoms with Crippen molar-refractivity contribution >= 4 is 5.52 Å². The fourth-order valence-corrected chi connectivity index (χ4v) is 3.49. The lowest BCUT2D eigenvalue weighted by atomic mass is 10.1. The third-order valence-corrected chi connectivity index (χ3v) is 5.09. The molecule has 0 aliphatic carbocycles. The zero-order chi connectivity index (χ0) is 22.9. The van der Waals surface area contributed by atoms with Gasteiger partial charge in [0.25, 0.3) is 0 Å². The molecule has 0 bridgehead atoms. The van der Waals surface area contributed by atoms with E-state index in [1.54, 1.807) is 12.3 Å². The molecule has 0 aliphatic rings. The molecule has 1 N–H and O–H groups in total. The van der Waals surface area contributed by atoms with Crippen LogP contribution in [0.25, 0.3) is 16.8 Å². The van der Waals surface area contributed by atoms with Crippen LogP contribution >= 0.6 is 0 Å². The third-order valence-electron chi connectivity index (χ3n) is 5.09. The van der Waals surface area contributed by atoms with Crippen LogP contribution in [0.5, 0.6) is 0 Å². The summed E-state index contributed by atoms with van der Waals surface area (Å²) in [5, 5.41) is 27.2. The SMILES string of the molecule is Cc1ccc(-c2c(C#N)cc3cc(Cn4cc(C(O)CCC(F)(F)F)nn4)ccn23)cn1. The number of nitriles is 1. The van der Waals surface area contributed by atoms with E-state index in [1.165, 1.54) is 10.9 Å². The van der Waals surface area contributed by atoms with Gasteiger partial charge in [-0.3, -0.25) is 4.98 Å². The molecule has 0 spiro atoms. The van der Waals surface area contributed by atoms with Gasteiger partial charge in [-0.15, -0.1) is 5.10 Å². The third kappa shape index (κ3) is 4.63. The predicted octanol–water partition coefficient (Wildman–Crippen LogP) is 4.20. The summed E-state index contributed by atoms with van der Waals surface area (Å²) in [6.45, 7) is 2.20. The summed E-state index contributed by atoms with van der Waals surface area (Å²) in [5.74, 6) is 0. The zero-order valence-corrected chi connectivity index (χ0v) is 17.1. The second-order valence-corrected chi connectivity index (χ2v) is 7.55. The number of aliphatic hydroxyl groups excluding tert-OH is 1. The number of pyridine rings is 2. The normalized spacial score (nSPS) is 12.8.